The number of rotatable bonds is 7. The van der Waals surface area contributed by atoms with Gasteiger partial charge in [0, 0.05) is 55.1 Å². The molecule has 220 valence electrons. The fourth-order valence-electron chi connectivity index (χ4n) is 6.40. The number of halogens is 1. The number of hydrogen-bond donors (Lipinski definition) is 0. The molecule has 0 spiro atoms. The van der Waals surface area contributed by atoms with Gasteiger partial charge in [0.1, 0.15) is 0 Å². The molecule has 0 atom stereocenters. The van der Waals surface area contributed by atoms with Crippen LogP contribution in [0.1, 0.15) is 0 Å². The standard InChI is InChI=1S/C42H30BrN3/c43-31-27-37(45(34-19-9-3-10-20-34)35-21-11-4-12-22-35)29-38(28-31)46-41-24-14-13-23-39(41)40-30-36(25-26-42(40)46)44(32-15-5-1-6-16-32)33-17-7-2-8-18-33/h1-30H. The minimum atomic E-state index is 1.01. The summed E-state index contributed by atoms with van der Waals surface area (Å²) in [6.45, 7) is 0. The van der Waals surface area contributed by atoms with Gasteiger partial charge in [-0.15, -0.1) is 0 Å². The Labute approximate surface area is 277 Å². The molecule has 1 heterocycles. The molecule has 0 saturated carbocycles. The predicted molar refractivity (Wildman–Crippen MR) is 198 cm³/mol. The van der Waals surface area contributed by atoms with Crippen LogP contribution in [0, 0.1) is 0 Å². The zero-order valence-electron chi connectivity index (χ0n) is 25.0. The van der Waals surface area contributed by atoms with E-state index in [4.69, 9.17) is 0 Å². The molecule has 0 aliphatic heterocycles. The Morgan fingerprint density at radius 2 is 0.804 bits per heavy atom. The smallest absolute Gasteiger partial charge is 0.0542 e. The van der Waals surface area contributed by atoms with Crippen LogP contribution >= 0.6 is 15.9 Å². The average Bonchev–Trinajstić information content (AvgIpc) is 3.44. The van der Waals surface area contributed by atoms with Gasteiger partial charge in [0.15, 0.2) is 0 Å². The third-order valence-electron chi connectivity index (χ3n) is 8.36. The van der Waals surface area contributed by atoms with E-state index < -0.39 is 0 Å². The van der Waals surface area contributed by atoms with Gasteiger partial charge in [-0.2, -0.15) is 0 Å². The molecule has 8 aromatic rings. The zero-order chi connectivity index (χ0) is 30.9. The summed E-state index contributed by atoms with van der Waals surface area (Å²) in [5.74, 6) is 0. The van der Waals surface area contributed by atoms with Crippen molar-refractivity contribution >= 4 is 71.9 Å². The second-order valence-corrected chi connectivity index (χ2v) is 12.2. The lowest BCUT2D eigenvalue weighted by Gasteiger charge is -2.26. The number of anilines is 6. The molecule has 0 amide bonds. The Morgan fingerprint density at radius 1 is 0.348 bits per heavy atom. The third kappa shape index (κ3) is 5.13. The van der Waals surface area contributed by atoms with Crippen LogP contribution in [0.3, 0.4) is 0 Å². The van der Waals surface area contributed by atoms with E-state index in [0.29, 0.717) is 0 Å². The molecule has 46 heavy (non-hydrogen) atoms. The van der Waals surface area contributed by atoms with Crippen molar-refractivity contribution in [2.45, 2.75) is 0 Å². The van der Waals surface area contributed by atoms with Crippen LogP contribution in [0.25, 0.3) is 27.5 Å². The molecule has 0 aliphatic carbocycles. The Morgan fingerprint density at radius 3 is 1.35 bits per heavy atom. The SMILES string of the molecule is Brc1cc(N(c2ccccc2)c2ccccc2)cc(-n2c3ccccc3c3cc(N(c4ccccc4)c4ccccc4)ccc32)c1. The number of hydrogen-bond acceptors (Lipinski definition) is 2. The molecule has 8 rings (SSSR count). The summed E-state index contributed by atoms with van der Waals surface area (Å²) in [6, 6.07) is 64.4. The highest BCUT2D eigenvalue weighted by Gasteiger charge is 2.19. The van der Waals surface area contributed by atoms with Crippen molar-refractivity contribution < 1.29 is 0 Å². The summed E-state index contributed by atoms with van der Waals surface area (Å²) >= 11 is 3.88. The van der Waals surface area contributed by atoms with E-state index in [1.807, 2.05) is 0 Å². The number of para-hydroxylation sites is 5. The van der Waals surface area contributed by atoms with E-state index >= 15 is 0 Å². The third-order valence-corrected chi connectivity index (χ3v) is 8.81. The fourth-order valence-corrected chi connectivity index (χ4v) is 6.87. The molecule has 0 fully saturated rings. The minimum absolute atomic E-state index is 1.01. The van der Waals surface area contributed by atoms with E-state index in [1.165, 1.54) is 10.8 Å². The maximum absolute atomic E-state index is 3.88. The summed E-state index contributed by atoms with van der Waals surface area (Å²) in [5.41, 5.74) is 10.0. The molecule has 1 aromatic heterocycles. The van der Waals surface area contributed by atoms with Crippen LogP contribution in [0.4, 0.5) is 34.1 Å². The maximum Gasteiger partial charge on any atom is 0.0542 e. The molecule has 0 aliphatic rings. The average molecular weight is 657 g/mol. The molecule has 0 unspecified atom stereocenters. The van der Waals surface area contributed by atoms with E-state index in [-0.39, 0.29) is 0 Å². The topological polar surface area (TPSA) is 11.4 Å². The molecular formula is C42H30BrN3. The van der Waals surface area contributed by atoms with Crippen LogP contribution < -0.4 is 9.80 Å². The molecular weight excluding hydrogens is 626 g/mol. The number of fused-ring (bicyclic) bond motifs is 3. The zero-order valence-corrected chi connectivity index (χ0v) is 26.6. The van der Waals surface area contributed by atoms with Gasteiger partial charge in [0.25, 0.3) is 0 Å². The number of benzene rings is 7. The number of nitrogens with zero attached hydrogens (tertiary/aromatic N) is 3. The van der Waals surface area contributed by atoms with E-state index in [9.17, 15) is 0 Å². The first-order valence-corrected chi connectivity index (χ1v) is 16.2. The lowest BCUT2D eigenvalue weighted by atomic mass is 10.1. The van der Waals surface area contributed by atoms with Gasteiger partial charge in [-0.3, -0.25) is 0 Å². The van der Waals surface area contributed by atoms with Gasteiger partial charge < -0.3 is 14.4 Å². The second-order valence-electron chi connectivity index (χ2n) is 11.2. The molecule has 3 nitrogen and oxygen atoms in total. The Bertz CT molecular complexity index is 2180. The van der Waals surface area contributed by atoms with E-state index in [1.54, 1.807) is 0 Å². The Kier molecular flexibility index (Phi) is 7.33. The van der Waals surface area contributed by atoms with E-state index in [0.717, 1.165) is 55.3 Å². The highest BCUT2D eigenvalue weighted by Crippen LogP contribution is 2.42. The van der Waals surface area contributed by atoms with Crippen molar-refractivity contribution in [2.24, 2.45) is 0 Å². The van der Waals surface area contributed by atoms with Gasteiger partial charge in [0.2, 0.25) is 0 Å². The summed E-state index contributed by atoms with van der Waals surface area (Å²) in [5, 5.41) is 2.42. The highest BCUT2D eigenvalue weighted by atomic mass is 79.9. The first-order chi connectivity index (χ1) is 22.7. The van der Waals surface area contributed by atoms with Crippen molar-refractivity contribution in [3.63, 3.8) is 0 Å². The number of aromatic nitrogens is 1. The quantitative estimate of drug-likeness (QED) is 0.169. The Hall–Kier alpha value is -5.58. The summed E-state index contributed by atoms with van der Waals surface area (Å²) in [4.78, 5) is 4.62. The monoisotopic (exact) mass is 655 g/mol. The maximum atomic E-state index is 3.88. The first kappa shape index (κ1) is 27.9. The second kappa shape index (κ2) is 12.1. The van der Waals surface area contributed by atoms with E-state index in [2.05, 4.69) is 212 Å². The normalized spacial score (nSPS) is 11.2. The molecule has 4 heteroatoms. The van der Waals surface area contributed by atoms with Crippen LogP contribution in [0.5, 0.6) is 0 Å². The van der Waals surface area contributed by atoms with Crippen molar-refractivity contribution in [3.05, 3.63) is 186 Å². The van der Waals surface area contributed by atoms with Gasteiger partial charge >= 0.3 is 0 Å². The van der Waals surface area contributed by atoms with Crippen LogP contribution in [-0.2, 0) is 0 Å². The predicted octanol–water partition coefficient (Wildman–Crippen LogP) is 12.5. The van der Waals surface area contributed by atoms with Gasteiger partial charge in [-0.25, -0.2) is 0 Å². The van der Waals surface area contributed by atoms with Crippen molar-refractivity contribution in [3.8, 4) is 5.69 Å². The minimum Gasteiger partial charge on any atom is -0.310 e. The lowest BCUT2D eigenvalue weighted by Crippen LogP contribution is -2.10. The fraction of sp³-hybridized carbons (Fsp3) is 0. The summed E-state index contributed by atoms with van der Waals surface area (Å²) < 4.78 is 3.39. The molecule has 0 bridgehead atoms. The van der Waals surface area contributed by atoms with Crippen LogP contribution in [0.2, 0.25) is 0 Å². The summed E-state index contributed by atoms with van der Waals surface area (Å²) in [7, 11) is 0. The largest absolute Gasteiger partial charge is 0.310 e. The lowest BCUT2D eigenvalue weighted by molar-refractivity contribution is 1.16. The molecule has 0 radical (unpaired) electrons. The van der Waals surface area contributed by atoms with Crippen molar-refractivity contribution in [2.75, 3.05) is 9.80 Å². The highest BCUT2D eigenvalue weighted by molar-refractivity contribution is 9.10. The summed E-state index contributed by atoms with van der Waals surface area (Å²) in [6.07, 6.45) is 0. The van der Waals surface area contributed by atoms with Crippen LogP contribution in [-0.4, -0.2) is 4.57 Å². The van der Waals surface area contributed by atoms with Gasteiger partial charge in [-0.1, -0.05) is 107 Å². The Balaban J connectivity index is 1.33. The van der Waals surface area contributed by atoms with Crippen molar-refractivity contribution in [1.29, 1.82) is 0 Å². The molecule has 0 saturated heterocycles. The van der Waals surface area contributed by atoms with Crippen molar-refractivity contribution in [1.82, 2.24) is 4.57 Å². The molecule has 7 aromatic carbocycles. The molecule has 0 N–H and O–H groups in total. The van der Waals surface area contributed by atoms with Gasteiger partial charge in [-0.05, 0) is 91.0 Å². The van der Waals surface area contributed by atoms with Gasteiger partial charge in [0.05, 0.1) is 11.0 Å². The first-order valence-electron chi connectivity index (χ1n) is 15.4. The van der Waals surface area contributed by atoms with Crippen LogP contribution in [0.15, 0.2) is 186 Å².